The number of hydrogen-bond donors (Lipinski definition) is 0. The highest BCUT2D eigenvalue weighted by Crippen LogP contribution is 2.39. The minimum absolute atomic E-state index is 0.525. The van der Waals surface area contributed by atoms with E-state index in [-0.39, 0.29) is 0 Å². The van der Waals surface area contributed by atoms with Crippen molar-refractivity contribution in [3.8, 4) is 16.8 Å². The van der Waals surface area contributed by atoms with Crippen LogP contribution in [0.15, 0.2) is 109 Å². The Balaban J connectivity index is 1.76. The third kappa shape index (κ3) is 2.85. The molecule has 1 heteroatoms. The van der Waals surface area contributed by atoms with Crippen LogP contribution < -0.4 is 0 Å². The van der Waals surface area contributed by atoms with Gasteiger partial charge in [0, 0.05) is 21.7 Å². The van der Waals surface area contributed by atoms with E-state index in [1.807, 2.05) is 0 Å². The van der Waals surface area contributed by atoms with Gasteiger partial charge in [0.2, 0.25) is 0 Å². The van der Waals surface area contributed by atoms with Crippen molar-refractivity contribution >= 4 is 32.6 Å². The summed E-state index contributed by atoms with van der Waals surface area (Å²) in [5, 5.41) is 5.10. The third-order valence-corrected chi connectivity index (χ3v) is 6.59. The van der Waals surface area contributed by atoms with Gasteiger partial charge < -0.3 is 4.57 Å². The lowest BCUT2D eigenvalue weighted by atomic mass is 9.95. The topological polar surface area (TPSA) is 4.93 Å². The molecule has 0 N–H and O–H groups in total. The highest BCUT2D eigenvalue weighted by atomic mass is 15.0. The molecule has 0 spiro atoms. The summed E-state index contributed by atoms with van der Waals surface area (Å²) in [4.78, 5) is 0. The van der Waals surface area contributed by atoms with Crippen molar-refractivity contribution in [2.24, 2.45) is 0 Å². The van der Waals surface area contributed by atoms with Crippen LogP contribution in [0.3, 0.4) is 0 Å². The van der Waals surface area contributed by atoms with E-state index in [0.29, 0.717) is 5.92 Å². The number of aromatic nitrogens is 1. The van der Waals surface area contributed by atoms with Gasteiger partial charge in [-0.25, -0.2) is 0 Å². The lowest BCUT2D eigenvalue weighted by Crippen LogP contribution is -1.99. The van der Waals surface area contributed by atoms with Gasteiger partial charge in [-0.3, -0.25) is 0 Å². The number of benzene rings is 5. The second-order valence-electron chi connectivity index (χ2n) is 8.83. The van der Waals surface area contributed by atoms with Crippen LogP contribution in [0.25, 0.3) is 49.4 Å². The second-order valence-corrected chi connectivity index (χ2v) is 8.83. The van der Waals surface area contributed by atoms with Crippen LogP contribution in [0, 0.1) is 0 Å². The summed E-state index contributed by atoms with van der Waals surface area (Å²) in [6, 6.07) is 39.8. The number of rotatable bonds is 3. The predicted octanol–water partition coefficient (Wildman–Crippen LogP) is 8.73. The molecule has 0 saturated heterocycles. The molecular formula is C31H25N. The molecule has 5 aromatic carbocycles. The van der Waals surface area contributed by atoms with E-state index < -0.39 is 0 Å². The lowest BCUT2D eigenvalue weighted by molar-refractivity contribution is 0.867. The summed E-state index contributed by atoms with van der Waals surface area (Å²) in [5.74, 6) is 0.525. The molecule has 0 amide bonds. The first-order valence-corrected chi connectivity index (χ1v) is 11.3. The maximum Gasteiger partial charge on any atom is 0.0618 e. The van der Waals surface area contributed by atoms with Gasteiger partial charge in [-0.2, -0.15) is 0 Å². The van der Waals surface area contributed by atoms with Gasteiger partial charge in [-0.05, 0) is 34.6 Å². The van der Waals surface area contributed by atoms with Gasteiger partial charge in [0.05, 0.1) is 16.7 Å². The van der Waals surface area contributed by atoms with Crippen molar-refractivity contribution < 1.29 is 0 Å². The molecule has 1 heterocycles. The summed E-state index contributed by atoms with van der Waals surface area (Å²) in [7, 11) is 0. The molecule has 0 aliphatic rings. The first-order chi connectivity index (χ1) is 15.7. The fraction of sp³-hybridized carbons (Fsp3) is 0.0968. The third-order valence-electron chi connectivity index (χ3n) is 6.59. The summed E-state index contributed by atoms with van der Waals surface area (Å²) in [6.07, 6.45) is 0. The minimum Gasteiger partial charge on any atom is -0.308 e. The molecule has 154 valence electrons. The molecule has 0 aliphatic carbocycles. The second kappa shape index (κ2) is 7.39. The number of nitrogens with zero attached hydrogens (tertiary/aromatic N) is 1. The highest BCUT2D eigenvalue weighted by molar-refractivity contribution is 6.11. The van der Waals surface area contributed by atoms with E-state index in [1.54, 1.807) is 0 Å². The summed E-state index contributed by atoms with van der Waals surface area (Å²) < 4.78 is 2.46. The van der Waals surface area contributed by atoms with Crippen molar-refractivity contribution in [3.63, 3.8) is 0 Å². The van der Waals surface area contributed by atoms with E-state index >= 15 is 0 Å². The van der Waals surface area contributed by atoms with Crippen molar-refractivity contribution in [1.29, 1.82) is 0 Å². The average Bonchev–Trinajstić information content (AvgIpc) is 3.17. The van der Waals surface area contributed by atoms with Crippen LogP contribution >= 0.6 is 0 Å². The number of para-hydroxylation sites is 2. The molecule has 6 rings (SSSR count). The molecule has 6 aromatic rings. The zero-order chi connectivity index (χ0) is 21.7. The van der Waals surface area contributed by atoms with Crippen molar-refractivity contribution in [2.45, 2.75) is 19.8 Å². The quantitative estimate of drug-likeness (QED) is 0.274. The van der Waals surface area contributed by atoms with Crippen LogP contribution in [0.2, 0.25) is 0 Å². The smallest absolute Gasteiger partial charge is 0.0618 e. The normalized spacial score (nSPS) is 11.7. The molecule has 0 saturated carbocycles. The van der Waals surface area contributed by atoms with Gasteiger partial charge in [0.1, 0.15) is 0 Å². The van der Waals surface area contributed by atoms with E-state index in [1.165, 1.54) is 55.0 Å². The monoisotopic (exact) mass is 411 g/mol. The van der Waals surface area contributed by atoms with E-state index in [0.717, 1.165) is 0 Å². The van der Waals surface area contributed by atoms with Crippen LogP contribution in [-0.2, 0) is 0 Å². The molecule has 0 aliphatic heterocycles. The zero-order valence-corrected chi connectivity index (χ0v) is 18.4. The van der Waals surface area contributed by atoms with Crippen LogP contribution in [0.4, 0.5) is 0 Å². The first kappa shape index (κ1) is 18.9. The maximum atomic E-state index is 2.46. The van der Waals surface area contributed by atoms with Crippen LogP contribution in [0.5, 0.6) is 0 Å². The van der Waals surface area contributed by atoms with Gasteiger partial charge in [-0.15, -0.1) is 0 Å². The van der Waals surface area contributed by atoms with Crippen molar-refractivity contribution in [3.05, 3.63) is 115 Å². The van der Waals surface area contributed by atoms with E-state index in [2.05, 4.69) is 128 Å². The first-order valence-electron chi connectivity index (χ1n) is 11.3. The predicted molar refractivity (Wildman–Crippen MR) is 138 cm³/mol. The summed E-state index contributed by atoms with van der Waals surface area (Å²) in [5.41, 5.74) is 7.60. The lowest BCUT2D eigenvalue weighted by Gasteiger charge is -2.18. The minimum atomic E-state index is 0.525. The van der Waals surface area contributed by atoms with Gasteiger partial charge in [-0.1, -0.05) is 111 Å². The average molecular weight is 412 g/mol. The Morgan fingerprint density at radius 1 is 0.531 bits per heavy atom. The Morgan fingerprint density at radius 3 is 1.72 bits per heavy atom. The Kier molecular flexibility index (Phi) is 4.36. The van der Waals surface area contributed by atoms with Crippen molar-refractivity contribution in [1.82, 2.24) is 4.57 Å². The van der Waals surface area contributed by atoms with E-state index in [9.17, 15) is 0 Å². The Morgan fingerprint density at radius 2 is 1.09 bits per heavy atom. The van der Waals surface area contributed by atoms with Gasteiger partial charge in [0.15, 0.2) is 0 Å². The summed E-state index contributed by atoms with van der Waals surface area (Å²) in [6.45, 7) is 4.49. The van der Waals surface area contributed by atoms with Gasteiger partial charge in [0.25, 0.3) is 0 Å². The Labute approximate surface area is 188 Å². The fourth-order valence-corrected chi connectivity index (χ4v) is 4.94. The molecule has 32 heavy (non-hydrogen) atoms. The van der Waals surface area contributed by atoms with Crippen molar-refractivity contribution in [2.75, 3.05) is 0 Å². The molecule has 0 radical (unpaired) electrons. The molecule has 0 atom stereocenters. The SMILES string of the molecule is CC(C)c1ccc(-c2ccc3ccccc3c2-n2c3ccccc3c3ccccc32)cc1. The molecule has 1 aromatic heterocycles. The highest BCUT2D eigenvalue weighted by Gasteiger charge is 2.17. The standard InChI is InChI=1S/C31H25N/c1-21(2)22-15-17-24(18-16-22)26-20-19-23-9-3-4-10-25(23)31(26)32-29-13-7-5-11-27(29)28-12-6-8-14-30(28)32/h3-21H,1-2H3. The Bertz CT molecular complexity index is 1530. The maximum absolute atomic E-state index is 2.46. The van der Waals surface area contributed by atoms with Crippen LogP contribution in [0.1, 0.15) is 25.3 Å². The van der Waals surface area contributed by atoms with Gasteiger partial charge >= 0.3 is 0 Å². The van der Waals surface area contributed by atoms with E-state index in [4.69, 9.17) is 0 Å². The molecule has 0 unspecified atom stereocenters. The molecular weight excluding hydrogens is 386 g/mol. The largest absolute Gasteiger partial charge is 0.308 e. The fourth-order valence-electron chi connectivity index (χ4n) is 4.94. The summed E-state index contributed by atoms with van der Waals surface area (Å²) >= 11 is 0. The molecule has 0 bridgehead atoms. The number of fused-ring (bicyclic) bond motifs is 4. The molecule has 0 fully saturated rings. The Hall–Kier alpha value is -3.84. The van der Waals surface area contributed by atoms with Crippen LogP contribution in [-0.4, -0.2) is 4.57 Å². The molecule has 1 nitrogen and oxygen atoms in total. The zero-order valence-electron chi connectivity index (χ0n) is 18.4. The number of hydrogen-bond acceptors (Lipinski definition) is 0.